The second-order valence-electron chi connectivity index (χ2n) is 6.53. The van der Waals surface area contributed by atoms with Crippen molar-refractivity contribution in [1.82, 2.24) is 10.2 Å². The van der Waals surface area contributed by atoms with Crippen molar-refractivity contribution in [3.05, 3.63) is 86.8 Å². The largest absolute Gasteiger partial charge is 0.333 e. The van der Waals surface area contributed by atoms with E-state index in [1.807, 2.05) is 36.4 Å². The minimum Gasteiger partial charge on any atom is -0.333 e. The second-order valence-corrected chi connectivity index (χ2v) is 9.94. The number of hydrogen-bond acceptors (Lipinski definition) is 6. The van der Waals surface area contributed by atoms with Gasteiger partial charge in [0.15, 0.2) is 0 Å². The van der Waals surface area contributed by atoms with Gasteiger partial charge in [0.05, 0.1) is 17.9 Å². The first-order valence-corrected chi connectivity index (χ1v) is 11.9. The average Bonchev–Trinajstić information content (AvgIpc) is 3.21. The molecule has 0 bridgehead atoms. The highest BCUT2D eigenvalue weighted by atomic mass is 79.9. The summed E-state index contributed by atoms with van der Waals surface area (Å²) in [4.78, 5) is 9.13. The van der Waals surface area contributed by atoms with E-state index in [2.05, 4.69) is 66.4 Å². The summed E-state index contributed by atoms with van der Waals surface area (Å²) < 4.78 is 0.995. The molecule has 0 atom stereocenters. The third-order valence-corrected chi connectivity index (χ3v) is 7.46. The first-order valence-electron chi connectivity index (χ1n) is 9.12. The summed E-state index contributed by atoms with van der Waals surface area (Å²) in [6.45, 7) is 0.604. The minimum atomic E-state index is 0.604. The molecule has 5 rings (SSSR count). The summed E-state index contributed by atoms with van der Waals surface area (Å²) in [5, 5.41) is 10.9. The van der Waals surface area contributed by atoms with E-state index < -0.39 is 0 Å². The number of fused-ring (bicyclic) bond motifs is 2. The molecule has 0 amide bonds. The van der Waals surface area contributed by atoms with E-state index in [4.69, 9.17) is 11.6 Å². The highest BCUT2D eigenvalue weighted by Gasteiger charge is 2.24. The summed E-state index contributed by atoms with van der Waals surface area (Å²) in [5.74, 6) is 0. The normalized spacial score (nSPS) is 12.8. The van der Waals surface area contributed by atoms with E-state index in [0.717, 1.165) is 31.4 Å². The maximum atomic E-state index is 6.30. The van der Waals surface area contributed by atoms with Crippen LogP contribution >= 0.6 is 50.6 Å². The van der Waals surface area contributed by atoms with Gasteiger partial charge in [0, 0.05) is 31.1 Å². The third-order valence-electron chi connectivity index (χ3n) is 4.56. The van der Waals surface area contributed by atoms with Crippen LogP contribution in [0, 0.1) is 0 Å². The molecular weight excluding hydrogens is 500 g/mol. The molecule has 1 aliphatic rings. The van der Waals surface area contributed by atoms with Crippen LogP contribution in [0.3, 0.4) is 0 Å². The Morgan fingerprint density at radius 3 is 2.67 bits per heavy atom. The van der Waals surface area contributed by atoms with E-state index in [0.29, 0.717) is 11.7 Å². The fraction of sp³-hybridized carbons (Fsp3) is 0.0455. The highest BCUT2D eigenvalue weighted by molar-refractivity contribution is 9.10. The van der Waals surface area contributed by atoms with Crippen molar-refractivity contribution in [2.24, 2.45) is 4.99 Å². The summed E-state index contributed by atoms with van der Waals surface area (Å²) in [6, 6.07) is 22.3. The van der Waals surface area contributed by atoms with E-state index >= 15 is 0 Å². The fourth-order valence-corrected chi connectivity index (χ4v) is 5.48. The standard InChI is InChI=1S/C22H14BrClN4S2/c23-16-6-2-1-5-14(16)12-25-22-27-26-21(30-22)13-28-17-7-3-4-8-19(17)29-20-10-9-15(24)11-18(20)28/h1-12H,13H2/b25-12+. The third kappa shape index (κ3) is 4.03. The molecule has 30 heavy (non-hydrogen) atoms. The first-order chi connectivity index (χ1) is 14.7. The van der Waals surface area contributed by atoms with Crippen LogP contribution in [-0.4, -0.2) is 16.4 Å². The van der Waals surface area contributed by atoms with Crippen molar-refractivity contribution in [2.75, 3.05) is 4.90 Å². The number of anilines is 2. The van der Waals surface area contributed by atoms with Crippen molar-refractivity contribution in [1.29, 1.82) is 0 Å². The molecular formula is C22H14BrClN4S2. The number of hydrogen-bond donors (Lipinski definition) is 0. The quantitative estimate of drug-likeness (QED) is 0.265. The maximum Gasteiger partial charge on any atom is 0.231 e. The number of aliphatic imine (C=N–C) groups is 1. The predicted octanol–water partition coefficient (Wildman–Crippen LogP) is 7.51. The molecule has 0 aliphatic carbocycles. The zero-order chi connectivity index (χ0) is 20.5. The molecule has 0 unspecified atom stereocenters. The number of halogens is 2. The molecule has 1 aliphatic heterocycles. The Balaban J connectivity index is 1.44. The van der Waals surface area contributed by atoms with Crippen molar-refractivity contribution in [3.63, 3.8) is 0 Å². The summed E-state index contributed by atoms with van der Waals surface area (Å²) in [7, 11) is 0. The molecule has 4 aromatic rings. The zero-order valence-corrected chi connectivity index (χ0v) is 19.5. The Morgan fingerprint density at radius 1 is 0.967 bits per heavy atom. The van der Waals surface area contributed by atoms with Crippen LogP contribution in [0.25, 0.3) is 0 Å². The summed E-state index contributed by atoms with van der Waals surface area (Å²) in [6.07, 6.45) is 1.80. The molecule has 0 N–H and O–H groups in total. The van der Waals surface area contributed by atoms with Crippen LogP contribution in [0.2, 0.25) is 5.02 Å². The number of benzene rings is 3. The van der Waals surface area contributed by atoms with Gasteiger partial charge in [-0.1, -0.05) is 81.0 Å². The SMILES string of the molecule is Clc1ccc2c(c1)N(Cc1nnc(/N=C/c3ccccc3Br)s1)c1ccccc1S2. The van der Waals surface area contributed by atoms with Gasteiger partial charge in [-0.25, -0.2) is 4.99 Å². The summed E-state index contributed by atoms with van der Waals surface area (Å²) >= 11 is 13.1. The second kappa shape index (κ2) is 8.51. The van der Waals surface area contributed by atoms with E-state index in [-0.39, 0.29) is 0 Å². The van der Waals surface area contributed by atoms with Gasteiger partial charge >= 0.3 is 0 Å². The Kier molecular flexibility index (Phi) is 5.60. The number of aromatic nitrogens is 2. The molecule has 148 valence electrons. The van der Waals surface area contributed by atoms with Gasteiger partial charge in [0.25, 0.3) is 0 Å². The molecule has 4 nitrogen and oxygen atoms in total. The zero-order valence-electron chi connectivity index (χ0n) is 15.5. The number of rotatable bonds is 4. The van der Waals surface area contributed by atoms with E-state index in [1.165, 1.54) is 21.1 Å². The van der Waals surface area contributed by atoms with Crippen LogP contribution in [0.5, 0.6) is 0 Å². The smallest absolute Gasteiger partial charge is 0.231 e. The van der Waals surface area contributed by atoms with Crippen LogP contribution < -0.4 is 4.90 Å². The predicted molar refractivity (Wildman–Crippen MR) is 129 cm³/mol. The lowest BCUT2D eigenvalue weighted by molar-refractivity contribution is 0.893. The minimum absolute atomic E-state index is 0.604. The lowest BCUT2D eigenvalue weighted by Gasteiger charge is -2.32. The van der Waals surface area contributed by atoms with Gasteiger partial charge in [-0.2, -0.15) is 0 Å². The molecule has 2 heterocycles. The fourth-order valence-electron chi connectivity index (χ4n) is 3.17. The molecule has 8 heteroatoms. The van der Waals surface area contributed by atoms with Crippen molar-refractivity contribution < 1.29 is 0 Å². The lowest BCUT2D eigenvalue weighted by Crippen LogP contribution is -2.20. The average molecular weight is 514 g/mol. The molecule has 0 radical (unpaired) electrons. The van der Waals surface area contributed by atoms with Crippen LogP contribution in [0.15, 0.2) is 86.0 Å². The number of para-hydroxylation sites is 1. The monoisotopic (exact) mass is 512 g/mol. The van der Waals surface area contributed by atoms with Crippen LogP contribution in [0.1, 0.15) is 10.6 Å². The molecule has 0 fully saturated rings. The molecule has 1 aromatic heterocycles. The Morgan fingerprint density at radius 2 is 1.77 bits per heavy atom. The van der Waals surface area contributed by atoms with Crippen molar-refractivity contribution in [2.45, 2.75) is 16.3 Å². The van der Waals surface area contributed by atoms with Gasteiger partial charge in [0.2, 0.25) is 5.13 Å². The van der Waals surface area contributed by atoms with Crippen molar-refractivity contribution >= 4 is 73.4 Å². The van der Waals surface area contributed by atoms with Gasteiger partial charge in [0.1, 0.15) is 5.01 Å². The van der Waals surface area contributed by atoms with Gasteiger partial charge in [-0.15, -0.1) is 10.2 Å². The maximum absolute atomic E-state index is 6.30. The highest BCUT2D eigenvalue weighted by Crippen LogP contribution is 2.49. The molecule has 3 aromatic carbocycles. The van der Waals surface area contributed by atoms with E-state index in [9.17, 15) is 0 Å². The van der Waals surface area contributed by atoms with E-state index in [1.54, 1.807) is 18.0 Å². The van der Waals surface area contributed by atoms with Gasteiger partial charge in [-0.05, 0) is 36.4 Å². The first kappa shape index (κ1) is 19.8. The molecule has 0 saturated heterocycles. The summed E-state index contributed by atoms with van der Waals surface area (Å²) in [5.41, 5.74) is 3.23. The molecule has 0 saturated carbocycles. The Labute approximate surface area is 195 Å². The number of nitrogens with zero attached hydrogens (tertiary/aromatic N) is 4. The van der Waals surface area contributed by atoms with Crippen LogP contribution in [0.4, 0.5) is 16.5 Å². The van der Waals surface area contributed by atoms with Crippen LogP contribution in [-0.2, 0) is 6.54 Å². The Hall–Kier alpha value is -2.19. The van der Waals surface area contributed by atoms with Gasteiger partial charge in [-0.3, -0.25) is 0 Å². The topological polar surface area (TPSA) is 41.4 Å². The van der Waals surface area contributed by atoms with Gasteiger partial charge < -0.3 is 4.90 Å². The van der Waals surface area contributed by atoms with Crippen molar-refractivity contribution in [3.8, 4) is 0 Å². The Bertz CT molecular complexity index is 1260. The lowest BCUT2D eigenvalue weighted by atomic mass is 10.2. The molecule has 0 spiro atoms.